The van der Waals surface area contributed by atoms with E-state index in [1.807, 2.05) is 0 Å². The van der Waals surface area contributed by atoms with Crippen LogP contribution in [0.1, 0.15) is 12.8 Å². The van der Waals surface area contributed by atoms with E-state index in [1.165, 1.54) is 0 Å². The predicted octanol–water partition coefficient (Wildman–Crippen LogP) is 3.04. The lowest BCUT2D eigenvalue weighted by atomic mass is 10.3. The Labute approximate surface area is 93.3 Å². The fourth-order valence-corrected chi connectivity index (χ4v) is 1.45. The van der Waals surface area contributed by atoms with Gasteiger partial charge in [-0.25, -0.2) is 4.39 Å². The highest BCUT2D eigenvalue weighted by molar-refractivity contribution is 9.10. The van der Waals surface area contributed by atoms with E-state index in [0.717, 1.165) is 25.0 Å². The summed E-state index contributed by atoms with van der Waals surface area (Å²) in [6, 6.07) is 2.16. The first-order valence-corrected chi connectivity index (χ1v) is 5.17. The van der Waals surface area contributed by atoms with Crippen molar-refractivity contribution in [2.45, 2.75) is 18.9 Å². The van der Waals surface area contributed by atoms with Gasteiger partial charge in [-0.1, -0.05) is 0 Å². The number of nitrogens with zero attached hydrogens (tertiary/aromatic N) is 1. The quantitative estimate of drug-likeness (QED) is 0.629. The van der Waals surface area contributed by atoms with Crippen molar-refractivity contribution in [3.05, 3.63) is 32.5 Å². The molecule has 0 aliphatic heterocycles. The Hall–Kier alpha value is -1.17. The average molecular weight is 276 g/mol. The Kier molecular flexibility index (Phi) is 2.60. The SMILES string of the molecule is O=[N+]([O-])c1cc(Br)c(F)cc1OC1CC1. The van der Waals surface area contributed by atoms with E-state index in [-0.39, 0.29) is 22.0 Å². The van der Waals surface area contributed by atoms with Gasteiger partial charge >= 0.3 is 5.69 Å². The van der Waals surface area contributed by atoms with E-state index in [4.69, 9.17) is 4.74 Å². The van der Waals surface area contributed by atoms with Crippen LogP contribution in [0.4, 0.5) is 10.1 Å². The molecule has 1 fully saturated rings. The van der Waals surface area contributed by atoms with Gasteiger partial charge in [0.1, 0.15) is 5.82 Å². The van der Waals surface area contributed by atoms with E-state index in [2.05, 4.69) is 15.9 Å². The number of rotatable bonds is 3. The standard InChI is InChI=1S/C9H7BrFNO3/c10-6-3-8(12(13)14)9(4-7(6)11)15-5-1-2-5/h3-5H,1-2H2. The van der Waals surface area contributed by atoms with Crippen LogP contribution in [-0.2, 0) is 0 Å². The zero-order chi connectivity index (χ0) is 11.0. The third-order valence-corrected chi connectivity index (χ3v) is 2.62. The normalized spacial score (nSPS) is 15.1. The molecule has 1 saturated carbocycles. The van der Waals surface area contributed by atoms with Crippen molar-refractivity contribution in [1.82, 2.24) is 0 Å². The summed E-state index contributed by atoms with van der Waals surface area (Å²) < 4.78 is 18.5. The van der Waals surface area contributed by atoms with Gasteiger partial charge in [0.15, 0.2) is 5.75 Å². The lowest BCUT2D eigenvalue weighted by Gasteiger charge is -2.05. The van der Waals surface area contributed by atoms with E-state index in [1.54, 1.807) is 0 Å². The molecule has 0 amide bonds. The third-order valence-electron chi connectivity index (χ3n) is 2.02. The van der Waals surface area contributed by atoms with Crippen LogP contribution in [0.5, 0.6) is 5.75 Å². The van der Waals surface area contributed by atoms with Crippen molar-refractivity contribution in [1.29, 1.82) is 0 Å². The van der Waals surface area contributed by atoms with Crippen molar-refractivity contribution < 1.29 is 14.1 Å². The molecule has 0 saturated heterocycles. The number of nitro benzene ring substituents is 1. The van der Waals surface area contributed by atoms with E-state index >= 15 is 0 Å². The van der Waals surface area contributed by atoms with Crippen molar-refractivity contribution in [2.75, 3.05) is 0 Å². The molecule has 1 aliphatic carbocycles. The Morgan fingerprint density at radius 1 is 1.53 bits per heavy atom. The van der Waals surface area contributed by atoms with E-state index in [9.17, 15) is 14.5 Å². The minimum Gasteiger partial charge on any atom is -0.483 e. The molecule has 0 bridgehead atoms. The molecule has 15 heavy (non-hydrogen) atoms. The molecule has 80 valence electrons. The molecule has 4 nitrogen and oxygen atoms in total. The van der Waals surface area contributed by atoms with Crippen LogP contribution in [0.2, 0.25) is 0 Å². The van der Waals surface area contributed by atoms with Gasteiger partial charge in [0.2, 0.25) is 0 Å². The van der Waals surface area contributed by atoms with Crippen molar-refractivity contribution >= 4 is 21.6 Å². The lowest BCUT2D eigenvalue weighted by molar-refractivity contribution is -0.386. The Morgan fingerprint density at radius 2 is 2.20 bits per heavy atom. The topological polar surface area (TPSA) is 52.4 Å². The molecule has 0 aromatic heterocycles. The summed E-state index contributed by atoms with van der Waals surface area (Å²) in [6.07, 6.45) is 1.74. The first kappa shape index (κ1) is 10.4. The third kappa shape index (κ3) is 2.26. The van der Waals surface area contributed by atoms with Crippen molar-refractivity contribution in [3.63, 3.8) is 0 Å². The number of benzene rings is 1. The molecule has 6 heteroatoms. The van der Waals surface area contributed by atoms with Gasteiger partial charge < -0.3 is 4.74 Å². The van der Waals surface area contributed by atoms with Gasteiger partial charge in [-0.05, 0) is 28.8 Å². The maximum absolute atomic E-state index is 13.1. The van der Waals surface area contributed by atoms with Gasteiger partial charge in [-0.15, -0.1) is 0 Å². The van der Waals surface area contributed by atoms with Gasteiger partial charge in [0, 0.05) is 12.1 Å². The summed E-state index contributed by atoms with van der Waals surface area (Å²) in [5.41, 5.74) is -0.213. The molecular formula is C9H7BrFNO3. The van der Waals surface area contributed by atoms with Gasteiger partial charge in [-0.3, -0.25) is 10.1 Å². The molecule has 0 atom stereocenters. The van der Waals surface area contributed by atoms with Gasteiger partial charge in [-0.2, -0.15) is 0 Å². The summed E-state index contributed by atoms with van der Waals surface area (Å²) >= 11 is 2.90. The molecule has 0 radical (unpaired) electrons. The number of halogens is 2. The molecule has 0 unspecified atom stereocenters. The minimum absolute atomic E-state index is 0.00296. The molecule has 1 aromatic rings. The molecule has 1 aromatic carbocycles. The second-order valence-electron chi connectivity index (χ2n) is 3.31. The maximum atomic E-state index is 13.1. The van der Waals surface area contributed by atoms with Crippen LogP contribution in [0.15, 0.2) is 16.6 Å². The first-order valence-electron chi connectivity index (χ1n) is 4.38. The zero-order valence-electron chi connectivity index (χ0n) is 7.57. The van der Waals surface area contributed by atoms with Crippen molar-refractivity contribution in [3.8, 4) is 5.75 Å². The largest absolute Gasteiger partial charge is 0.483 e. The zero-order valence-corrected chi connectivity index (χ0v) is 9.16. The average Bonchev–Trinajstić information content (AvgIpc) is 2.94. The minimum atomic E-state index is -0.581. The summed E-state index contributed by atoms with van der Waals surface area (Å²) in [7, 11) is 0. The highest BCUT2D eigenvalue weighted by atomic mass is 79.9. The fraction of sp³-hybridized carbons (Fsp3) is 0.333. The Balaban J connectivity index is 2.39. The maximum Gasteiger partial charge on any atom is 0.312 e. The summed E-state index contributed by atoms with van der Waals surface area (Å²) in [5, 5.41) is 10.7. The van der Waals surface area contributed by atoms with Gasteiger partial charge in [0.25, 0.3) is 0 Å². The van der Waals surface area contributed by atoms with E-state index < -0.39 is 10.7 Å². The summed E-state index contributed by atoms with van der Waals surface area (Å²) in [5.74, 6) is -0.556. The predicted molar refractivity (Wildman–Crippen MR) is 54.4 cm³/mol. The lowest BCUT2D eigenvalue weighted by Crippen LogP contribution is -2.01. The summed E-state index contributed by atoms with van der Waals surface area (Å²) in [4.78, 5) is 10.1. The molecule has 0 N–H and O–H groups in total. The van der Waals surface area contributed by atoms with Crippen LogP contribution < -0.4 is 4.74 Å². The van der Waals surface area contributed by atoms with Gasteiger partial charge in [0.05, 0.1) is 15.5 Å². The molecular weight excluding hydrogens is 269 g/mol. The van der Waals surface area contributed by atoms with Crippen LogP contribution in [0.25, 0.3) is 0 Å². The Bertz CT molecular complexity index is 420. The number of nitro groups is 1. The number of ether oxygens (including phenoxy) is 1. The highest BCUT2D eigenvalue weighted by Crippen LogP contribution is 2.36. The molecule has 0 heterocycles. The molecule has 1 aliphatic rings. The monoisotopic (exact) mass is 275 g/mol. The van der Waals surface area contributed by atoms with Crippen LogP contribution >= 0.6 is 15.9 Å². The first-order chi connectivity index (χ1) is 7.08. The second kappa shape index (κ2) is 3.77. The Morgan fingerprint density at radius 3 is 2.73 bits per heavy atom. The summed E-state index contributed by atoms with van der Waals surface area (Å²) in [6.45, 7) is 0. The fourth-order valence-electron chi connectivity index (χ4n) is 1.12. The van der Waals surface area contributed by atoms with Crippen LogP contribution in [0, 0.1) is 15.9 Å². The molecule has 2 rings (SSSR count). The molecule has 0 spiro atoms. The number of hydrogen-bond acceptors (Lipinski definition) is 3. The number of hydrogen-bond donors (Lipinski definition) is 0. The van der Waals surface area contributed by atoms with Crippen LogP contribution in [0.3, 0.4) is 0 Å². The van der Waals surface area contributed by atoms with Crippen molar-refractivity contribution in [2.24, 2.45) is 0 Å². The van der Waals surface area contributed by atoms with E-state index in [0.29, 0.717) is 0 Å². The second-order valence-corrected chi connectivity index (χ2v) is 4.16. The van der Waals surface area contributed by atoms with Crippen LogP contribution in [-0.4, -0.2) is 11.0 Å². The smallest absolute Gasteiger partial charge is 0.312 e. The highest BCUT2D eigenvalue weighted by Gasteiger charge is 2.28.